The maximum Gasteiger partial charge on any atom is 0.169 e. The first-order valence-corrected chi connectivity index (χ1v) is 5.82. The number of rotatable bonds is 2. The molecule has 0 spiro atoms. The van der Waals surface area contributed by atoms with Gasteiger partial charge in [-0.25, -0.2) is 0 Å². The summed E-state index contributed by atoms with van der Waals surface area (Å²) in [6.45, 7) is 5.49. The van der Waals surface area contributed by atoms with Crippen molar-refractivity contribution in [3.8, 4) is 0 Å². The van der Waals surface area contributed by atoms with Crippen LogP contribution in [-0.2, 0) is 0 Å². The number of likely N-dealkylation sites (N-methyl/N-ethyl adjacent to an activating group) is 1. The van der Waals surface area contributed by atoms with Crippen LogP contribution in [0.5, 0.6) is 0 Å². The zero-order valence-corrected chi connectivity index (χ0v) is 10.2. The van der Waals surface area contributed by atoms with E-state index in [0.717, 1.165) is 21.0 Å². The van der Waals surface area contributed by atoms with E-state index in [1.54, 1.807) is 6.92 Å². The van der Waals surface area contributed by atoms with Crippen LogP contribution >= 0.6 is 11.3 Å². The predicted octanol–water partition coefficient (Wildman–Crippen LogP) is 3.31. The Bertz CT molecular complexity index is 508. The first-order valence-electron chi connectivity index (χ1n) is 5.00. The molecule has 3 heteroatoms. The highest BCUT2D eigenvalue weighted by Gasteiger charge is 2.10. The zero-order valence-electron chi connectivity index (χ0n) is 9.36. The number of thiophene rings is 1. The molecule has 0 atom stereocenters. The smallest absolute Gasteiger partial charge is 0.169 e. The average Bonchev–Trinajstić information content (AvgIpc) is 2.71. The van der Waals surface area contributed by atoms with Crippen molar-refractivity contribution < 1.29 is 4.79 Å². The molecule has 0 unspecified atom stereocenters. The van der Waals surface area contributed by atoms with Gasteiger partial charge >= 0.3 is 0 Å². The van der Waals surface area contributed by atoms with Gasteiger partial charge in [0.25, 0.3) is 0 Å². The lowest BCUT2D eigenvalue weighted by atomic mass is 10.1. The molecule has 82 valence electrons. The van der Waals surface area contributed by atoms with Crippen LogP contribution in [0.1, 0.15) is 21.5 Å². The number of nitrogens with zero attached hydrogens (tertiary/aromatic N) is 1. The highest BCUT2D eigenvalue weighted by molar-refractivity contribution is 7.15. The quantitative estimate of drug-likeness (QED) is 0.728. The van der Waals surface area contributed by atoms with Gasteiger partial charge in [0.2, 0.25) is 0 Å². The van der Waals surface area contributed by atoms with Crippen molar-refractivity contribution in [2.75, 3.05) is 7.05 Å². The second-order valence-electron chi connectivity index (χ2n) is 3.74. The van der Waals surface area contributed by atoms with E-state index >= 15 is 0 Å². The number of allylic oxidation sites excluding steroid dienone is 3. The Kier molecular flexibility index (Phi) is 2.79. The van der Waals surface area contributed by atoms with Gasteiger partial charge < -0.3 is 4.90 Å². The van der Waals surface area contributed by atoms with Crippen molar-refractivity contribution in [2.24, 2.45) is 0 Å². The molecule has 0 aliphatic carbocycles. The maximum absolute atomic E-state index is 11.2. The third-order valence-electron chi connectivity index (χ3n) is 2.48. The van der Waals surface area contributed by atoms with Crippen LogP contribution in [-0.4, -0.2) is 17.7 Å². The van der Waals surface area contributed by atoms with E-state index in [0.29, 0.717) is 0 Å². The van der Waals surface area contributed by atoms with Crippen LogP contribution in [0.2, 0.25) is 0 Å². The summed E-state index contributed by atoms with van der Waals surface area (Å²) in [6, 6.07) is 3.86. The Hall–Kier alpha value is -1.61. The van der Waals surface area contributed by atoms with Gasteiger partial charge in [-0.3, -0.25) is 4.79 Å². The average molecular weight is 231 g/mol. The lowest BCUT2D eigenvalue weighted by molar-refractivity contribution is 0.102. The molecule has 1 aliphatic heterocycles. The van der Waals surface area contributed by atoms with Crippen molar-refractivity contribution in [1.82, 2.24) is 4.90 Å². The molecule has 0 aromatic carbocycles. The van der Waals surface area contributed by atoms with E-state index < -0.39 is 0 Å². The van der Waals surface area contributed by atoms with Gasteiger partial charge in [0.1, 0.15) is 0 Å². The summed E-state index contributed by atoms with van der Waals surface area (Å²) in [4.78, 5) is 15.1. The van der Waals surface area contributed by atoms with Crippen molar-refractivity contribution in [2.45, 2.75) is 6.92 Å². The molecule has 16 heavy (non-hydrogen) atoms. The molecule has 1 aromatic rings. The minimum atomic E-state index is 0.120. The fraction of sp³-hybridized carbons (Fsp3) is 0.154. The van der Waals surface area contributed by atoms with Gasteiger partial charge in [-0.15, -0.1) is 11.3 Å². The zero-order chi connectivity index (χ0) is 11.7. The molecule has 1 aromatic heterocycles. The fourth-order valence-corrected chi connectivity index (χ4v) is 2.36. The molecule has 2 nitrogen and oxygen atoms in total. The van der Waals surface area contributed by atoms with E-state index in [4.69, 9.17) is 0 Å². The van der Waals surface area contributed by atoms with Crippen LogP contribution in [0.3, 0.4) is 0 Å². The normalized spacial score (nSPS) is 15.2. The van der Waals surface area contributed by atoms with Crippen molar-refractivity contribution >= 4 is 22.7 Å². The minimum Gasteiger partial charge on any atom is -0.351 e. The van der Waals surface area contributed by atoms with E-state index in [1.807, 2.05) is 42.4 Å². The molecule has 0 N–H and O–H groups in total. The minimum absolute atomic E-state index is 0.120. The van der Waals surface area contributed by atoms with E-state index in [2.05, 4.69) is 6.58 Å². The van der Waals surface area contributed by atoms with Crippen LogP contribution < -0.4 is 0 Å². The van der Waals surface area contributed by atoms with Crippen molar-refractivity contribution in [1.29, 1.82) is 0 Å². The Morgan fingerprint density at radius 1 is 1.38 bits per heavy atom. The summed E-state index contributed by atoms with van der Waals surface area (Å²) in [5.74, 6) is 0.120. The van der Waals surface area contributed by atoms with E-state index in [9.17, 15) is 4.79 Å². The van der Waals surface area contributed by atoms with E-state index in [1.165, 1.54) is 11.3 Å². The molecule has 0 fully saturated rings. The summed E-state index contributed by atoms with van der Waals surface area (Å²) in [6.07, 6.45) is 6.03. The van der Waals surface area contributed by atoms with Gasteiger partial charge in [0.05, 0.1) is 4.88 Å². The van der Waals surface area contributed by atoms with Crippen LogP contribution in [0.4, 0.5) is 0 Å². The summed E-state index contributed by atoms with van der Waals surface area (Å²) in [5, 5.41) is 0. The third-order valence-corrected chi connectivity index (χ3v) is 3.71. The van der Waals surface area contributed by atoms with Crippen LogP contribution in [0, 0.1) is 0 Å². The molecule has 2 rings (SSSR count). The Labute approximate surface area is 99.2 Å². The van der Waals surface area contributed by atoms with Gasteiger partial charge in [-0.2, -0.15) is 0 Å². The fourth-order valence-electron chi connectivity index (χ4n) is 1.47. The molecule has 0 saturated carbocycles. The molecular weight excluding hydrogens is 218 g/mol. The van der Waals surface area contributed by atoms with Gasteiger partial charge in [0.15, 0.2) is 5.78 Å². The number of hydrogen-bond donors (Lipinski definition) is 0. The molecule has 0 saturated heterocycles. The number of carbonyl (C=O) groups is 1. The largest absolute Gasteiger partial charge is 0.351 e. The SMILES string of the molecule is C=C1C=CC(c2ccc(C(C)=O)s2)=CN1C. The Morgan fingerprint density at radius 2 is 2.12 bits per heavy atom. The molecule has 0 radical (unpaired) electrons. The molecular formula is C13H13NOS. The third kappa shape index (κ3) is 1.99. The Balaban J connectivity index is 2.32. The monoisotopic (exact) mass is 231 g/mol. The van der Waals surface area contributed by atoms with Gasteiger partial charge in [0, 0.05) is 29.4 Å². The highest BCUT2D eigenvalue weighted by atomic mass is 32.1. The van der Waals surface area contributed by atoms with E-state index in [-0.39, 0.29) is 5.78 Å². The Morgan fingerprint density at radius 3 is 2.69 bits per heavy atom. The number of Topliss-reactive ketones (excluding diaryl/α,β-unsaturated/α-hetero) is 1. The predicted molar refractivity (Wildman–Crippen MR) is 68.3 cm³/mol. The van der Waals surface area contributed by atoms with Crippen molar-refractivity contribution in [3.63, 3.8) is 0 Å². The summed E-state index contributed by atoms with van der Waals surface area (Å²) < 4.78 is 0. The van der Waals surface area contributed by atoms with Gasteiger partial charge in [-0.05, 0) is 25.1 Å². The lowest BCUT2D eigenvalue weighted by Gasteiger charge is -2.19. The number of hydrogen-bond acceptors (Lipinski definition) is 3. The summed E-state index contributed by atoms with van der Waals surface area (Å²) in [7, 11) is 1.96. The molecule has 0 amide bonds. The lowest BCUT2D eigenvalue weighted by Crippen LogP contribution is -2.10. The second kappa shape index (κ2) is 4.10. The standard InChI is InChI=1S/C13H13NOS/c1-9-4-5-11(8-14(9)3)13-7-6-12(16-13)10(2)15/h4-8H,1H2,2-3H3. The number of carbonyl (C=O) groups excluding carboxylic acids is 1. The highest BCUT2D eigenvalue weighted by Crippen LogP contribution is 2.28. The molecule has 0 bridgehead atoms. The molecule has 2 heterocycles. The number of ketones is 1. The summed E-state index contributed by atoms with van der Waals surface area (Å²) >= 11 is 1.53. The van der Waals surface area contributed by atoms with Crippen molar-refractivity contribution in [3.05, 3.63) is 52.5 Å². The second-order valence-corrected chi connectivity index (χ2v) is 4.82. The van der Waals surface area contributed by atoms with Crippen LogP contribution in [0.15, 0.2) is 42.8 Å². The molecule has 1 aliphatic rings. The maximum atomic E-state index is 11.2. The topological polar surface area (TPSA) is 20.3 Å². The first kappa shape index (κ1) is 10.9. The van der Waals surface area contributed by atoms with Crippen LogP contribution in [0.25, 0.3) is 5.57 Å². The van der Waals surface area contributed by atoms with Gasteiger partial charge in [-0.1, -0.05) is 12.7 Å². The summed E-state index contributed by atoms with van der Waals surface area (Å²) in [5.41, 5.74) is 2.08. The first-order chi connectivity index (χ1) is 7.58.